The van der Waals surface area contributed by atoms with Gasteiger partial charge in [-0.05, 0) is 39.0 Å². The van der Waals surface area contributed by atoms with Crippen LogP contribution >= 0.6 is 11.8 Å². The van der Waals surface area contributed by atoms with Crippen molar-refractivity contribution in [3.63, 3.8) is 0 Å². The van der Waals surface area contributed by atoms with Crippen LogP contribution < -0.4 is 5.32 Å². The van der Waals surface area contributed by atoms with Crippen molar-refractivity contribution >= 4 is 29.3 Å². The smallest absolute Gasteiger partial charge is 0.270 e. The standard InChI is InChI=1S/C20H22FN3O4S/c1-4-23(12-19(25)22-13(2)3)20(26)15-11-14(24(27)28)9-10-17(15)29-18-8-6-5-7-16(18)21/h5-11,13H,4,12H2,1-3H3,(H,22,25). The van der Waals surface area contributed by atoms with Crippen LogP contribution in [-0.4, -0.2) is 40.8 Å². The van der Waals surface area contributed by atoms with E-state index in [1.165, 1.54) is 23.1 Å². The summed E-state index contributed by atoms with van der Waals surface area (Å²) in [5.74, 6) is -1.32. The number of nitro benzene ring substituents is 1. The van der Waals surface area contributed by atoms with Crippen LogP contribution in [0.15, 0.2) is 52.3 Å². The minimum atomic E-state index is -0.601. The normalized spacial score (nSPS) is 10.7. The zero-order valence-electron chi connectivity index (χ0n) is 16.3. The van der Waals surface area contributed by atoms with Gasteiger partial charge in [-0.25, -0.2) is 4.39 Å². The third-order valence-corrected chi connectivity index (χ3v) is 5.04. The molecule has 2 rings (SSSR count). The molecule has 2 aromatic rings. The highest BCUT2D eigenvalue weighted by Crippen LogP contribution is 2.34. The van der Waals surface area contributed by atoms with Gasteiger partial charge in [0.25, 0.3) is 11.6 Å². The Morgan fingerprint density at radius 3 is 2.48 bits per heavy atom. The van der Waals surface area contributed by atoms with Crippen molar-refractivity contribution < 1.29 is 18.9 Å². The fraction of sp³-hybridized carbons (Fsp3) is 0.300. The van der Waals surface area contributed by atoms with E-state index in [1.807, 2.05) is 0 Å². The van der Waals surface area contributed by atoms with Crippen molar-refractivity contribution in [1.29, 1.82) is 0 Å². The van der Waals surface area contributed by atoms with Crippen molar-refractivity contribution in [3.05, 3.63) is 64.0 Å². The van der Waals surface area contributed by atoms with Crippen LogP contribution in [0.1, 0.15) is 31.1 Å². The largest absolute Gasteiger partial charge is 0.352 e. The monoisotopic (exact) mass is 419 g/mol. The number of hydrogen-bond donors (Lipinski definition) is 1. The topological polar surface area (TPSA) is 92.6 Å². The molecule has 0 aliphatic rings. The highest BCUT2D eigenvalue weighted by Gasteiger charge is 2.24. The Morgan fingerprint density at radius 2 is 1.90 bits per heavy atom. The molecule has 0 atom stereocenters. The molecule has 0 radical (unpaired) electrons. The predicted octanol–water partition coefficient (Wildman–Crippen LogP) is 3.87. The maximum Gasteiger partial charge on any atom is 0.270 e. The Bertz CT molecular complexity index is 920. The first-order valence-corrected chi connectivity index (χ1v) is 9.84. The van der Waals surface area contributed by atoms with Crippen molar-refractivity contribution in [3.8, 4) is 0 Å². The predicted molar refractivity (Wildman–Crippen MR) is 108 cm³/mol. The summed E-state index contributed by atoms with van der Waals surface area (Å²) in [5.41, 5.74) is -0.208. The summed E-state index contributed by atoms with van der Waals surface area (Å²) in [5, 5.41) is 13.9. The van der Waals surface area contributed by atoms with Crippen LogP contribution in [0.25, 0.3) is 0 Å². The molecule has 0 unspecified atom stereocenters. The molecule has 154 valence electrons. The SMILES string of the molecule is CCN(CC(=O)NC(C)C)C(=O)c1cc([N+](=O)[O-])ccc1Sc1ccccc1F. The number of likely N-dealkylation sites (N-methyl/N-ethyl adjacent to an activating group) is 1. The summed E-state index contributed by atoms with van der Waals surface area (Å²) in [7, 11) is 0. The van der Waals surface area contributed by atoms with E-state index in [2.05, 4.69) is 5.32 Å². The summed E-state index contributed by atoms with van der Waals surface area (Å²) < 4.78 is 14.1. The minimum absolute atomic E-state index is 0.0478. The lowest BCUT2D eigenvalue weighted by Crippen LogP contribution is -2.42. The summed E-state index contributed by atoms with van der Waals surface area (Å²) in [6.45, 7) is 5.37. The van der Waals surface area contributed by atoms with Gasteiger partial charge in [0.15, 0.2) is 0 Å². The average molecular weight is 419 g/mol. The first kappa shape index (κ1) is 22.4. The van der Waals surface area contributed by atoms with E-state index < -0.39 is 16.6 Å². The number of nitrogens with zero attached hydrogens (tertiary/aromatic N) is 2. The van der Waals surface area contributed by atoms with Crippen molar-refractivity contribution in [2.45, 2.75) is 36.6 Å². The fourth-order valence-electron chi connectivity index (χ4n) is 2.57. The lowest BCUT2D eigenvalue weighted by Gasteiger charge is -2.22. The number of nitro groups is 1. The number of hydrogen-bond acceptors (Lipinski definition) is 5. The molecule has 0 heterocycles. The van der Waals surface area contributed by atoms with E-state index in [0.717, 1.165) is 17.8 Å². The molecule has 0 aliphatic heterocycles. The molecule has 2 aromatic carbocycles. The van der Waals surface area contributed by atoms with E-state index in [1.54, 1.807) is 39.0 Å². The van der Waals surface area contributed by atoms with Gasteiger partial charge in [0.2, 0.25) is 5.91 Å². The van der Waals surface area contributed by atoms with Gasteiger partial charge < -0.3 is 10.2 Å². The van der Waals surface area contributed by atoms with Crippen LogP contribution in [0.5, 0.6) is 0 Å². The Hall–Kier alpha value is -2.94. The van der Waals surface area contributed by atoms with Crippen LogP contribution in [-0.2, 0) is 4.79 Å². The molecule has 29 heavy (non-hydrogen) atoms. The summed E-state index contributed by atoms with van der Waals surface area (Å²) in [6, 6.07) is 9.83. The van der Waals surface area contributed by atoms with Crippen LogP contribution in [0, 0.1) is 15.9 Å². The molecular weight excluding hydrogens is 397 g/mol. The van der Waals surface area contributed by atoms with Gasteiger partial charge in [0, 0.05) is 34.5 Å². The van der Waals surface area contributed by atoms with E-state index in [-0.39, 0.29) is 41.2 Å². The van der Waals surface area contributed by atoms with Gasteiger partial charge in [-0.15, -0.1) is 0 Å². The Kier molecular flexibility index (Phi) is 7.72. The number of halogens is 1. The van der Waals surface area contributed by atoms with Gasteiger partial charge in [-0.2, -0.15) is 0 Å². The van der Waals surface area contributed by atoms with E-state index in [0.29, 0.717) is 4.90 Å². The first-order valence-electron chi connectivity index (χ1n) is 9.02. The lowest BCUT2D eigenvalue weighted by molar-refractivity contribution is -0.384. The molecule has 0 bridgehead atoms. The van der Waals surface area contributed by atoms with Crippen molar-refractivity contribution in [2.24, 2.45) is 0 Å². The highest BCUT2D eigenvalue weighted by molar-refractivity contribution is 7.99. The number of carbonyl (C=O) groups excluding carboxylic acids is 2. The van der Waals surface area contributed by atoms with E-state index in [9.17, 15) is 24.1 Å². The number of amides is 2. The zero-order valence-corrected chi connectivity index (χ0v) is 17.2. The molecule has 7 nitrogen and oxygen atoms in total. The lowest BCUT2D eigenvalue weighted by atomic mass is 10.1. The molecule has 0 saturated carbocycles. The molecular formula is C20H22FN3O4S. The van der Waals surface area contributed by atoms with Crippen LogP contribution in [0.2, 0.25) is 0 Å². The number of nitrogens with one attached hydrogen (secondary N) is 1. The highest BCUT2D eigenvalue weighted by atomic mass is 32.2. The minimum Gasteiger partial charge on any atom is -0.352 e. The summed E-state index contributed by atoms with van der Waals surface area (Å²) >= 11 is 1.00. The van der Waals surface area contributed by atoms with E-state index in [4.69, 9.17) is 0 Å². The Labute approximate surface area is 172 Å². The molecule has 0 saturated heterocycles. The van der Waals surface area contributed by atoms with Gasteiger partial charge in [0.05, 0.1) is 17.0 Å². The van der Waals surface area contributed by atoms with Gasteiger partial charge in [0.1, 0.15) is 5.82 Å². The van der Waals surface area contributed by atoms with Gasteiger partial charge in [-0.3, -0.25) is 19.7 Å². The molecule has 1 N–H and O–H groups in total. The summed E-state index contributed by atoms with van der Waals surface area (Å²) in [6.07, 6.45) is 0. The first-order chi connectivity index (χ1) is 13.7. The number of rotatable bonds is 8. The quantitative estimate of drug-likeness (QED) is 0.518. The third kappa shape index (κ3) is 6.02. The maximum absolute atomic E-state index is 14.1. The number of carbonyl (C=O) groups is 2. The van der Waals surface area contributed by atoms with Crippen molar-refractivity contribution in [1.82, 2.24) is 10.2 Å². The average Bonchev–Trinajstić information content (AvgIpc) is 2.67. The second-order valence-corrected chi connectivity index (χ2v) is 7.60. The zero-order chi connectivity index (χ0) is 21.6. The van der Waals surface area contributed by atoms with Gasteiger partial charge >= 0.3 is 0 Å². The third-order valence-electron chi connectivity index (χ3n) is 3.91. The Balaban J connectivity index is 2.40. The molecule has 0 fully saturated rings. The second kappa shape index (κ2) is 10.0. The van der Waals surface area contributed by atoms with Gasteiger partial charge in [-0.1, -0.05) is 23.9 Å². The van der Waals surface area contributed by atoms with Crippen LogP contribution in [0.3, 0.4) is 0 Å². The number of non-ortho nitro benzene ring substituents is 1. The fourth-order valence-corrected chi connectivity index (χ4v) is 3.51. The number of benzene rings is 2. The molecule has 0 aliphatic carbocycles. The molecule has 9 heteroatoms. The maximum atomic E-state index is 14.1. The molecule has 2 amide bonds. The Morgan fingerprint density at radius 1 is 1.21 bits per heavy atom. The van der Waals surface area contributed by atoms with Crippen LogP contribution in [0.4, 0.5) is 10.1 Å². The summed E-state index contributed by atoms with van der Waals surface area (Å²) in [4.78, 5) is 37.7. The van der Waals surface area contributed by atoms with Crippen molar-refractivity contribution in [2.75, 3.05) is 13.1 Å². The van der Waals surface area contributed by atoms with E-state index >= 15 is 0 Å². The second-order valence-electron chi connectivity index (χ2n) is 6.51. The molecule has 0 spiro atoms. The molecule has 0 aromatic heterocycles.